The second kappa shape index (κ2) is 7.16. The molecule has 1 aliphatic rings. The van der Waals surface area contributed by atoms with E-state index in [0.717, 1.165) is 23.1 Å². The molecule has 2 N–H and O–H groups in total. The number of imidazole rings is 1. The van der Waals surface area contributed by atoms with E-state index in [1.54, 1.807) is 18.5 Å². The van der Waals surface area contributed by atoms with Crippen molar-refractivity contribution < 1.29 is 13.2 Å². The fourth-order valence-corrected chi connectivity index (χ4v) is 4.12. The van der Waals surface area contributed by atoms with E-state index in [9.17, 15) is 8.42 Å². The fraction of sp³-hybridized carbons (Fsp3) is 0.278. The molecule has 1 unspecified atom stereocenters. The summed E-state index contributed by atoms with van der Waals surface area (Å²) in [6.45, 7) is 2.32. The Labute approximate surface area is 152 Å². The SMILES string of the molecule is O=S(=O)(NC1CNCCO1)c1ccc(Cn2cnc3ccccc32)cc1. The van der Waals surface area contributed by atoms with Crippen LogP contribution >= 0.6 is 0 Å². The van der Waals surface area contributed by atoms with E-state index >= 15 is 0 Å². The zero-order chi connectivity index (χ0) is 18.0. The minimum absolute atomic E-state index is 0.228. The molecule has 3 aromatic rings. The molecule has 0 amide bonds. The molecule has 2 aromatic carbocycles. The highest BCUT2D eigenvalue weighted by Crippen LogP contribution is 2.16. The Morgan fingerprint density at radius 1 is 1.19 bits per heavy atom. The largest absolute Gasteiger partial charge is 0.360 e. The number of rotatable bonds is 5. The zero-order valence-electron chi connectivity index (χ0n) is 14.1. The summed E-state index contributed by atoms with van der Waals surface area (Å²) < 4.78 is 35.0. The summed E-state index contributed by atoms with van der Waals surface area (Å²) >= 11 is 0. The number of nitrogens with one attached hydrogen (secondary N) is 2. The van der Waals surface area contributed by atoms with Crippen LogP contribution < -0.4 is 10.0 Å². The maximum absolute atomic E-state index is 12.5. The van der Waals surface area contributed by atoms with Crippen LogP contribution in [0.25, 0.3) is 11.0 Å². The van der Waals surface area contributed by atoms with E-state index in [4.69, 9.17) is 4.74 Å². The molecular weight excluding hydrogens is 352 g/mol. The molecule has 1 aromatic heterocycles. The molecule has 1 saturated heterocycles. The van der Waals surface area contributed by atoms with Gasteiger partial charge in [-0.3, -0.25) is 0 Å². The first kappa shape index (κ1) is 17.2. The van der Waals surface area contributed by atoms with Crippen LogP contribution in [0.5, 0.6) is 0 Å². The minimum Gasteiger partial charge on any atom is -0.360 e. The number of sulfonamides is 1. The molecule has 0 bridgehead atoms. The number of benzene rings is 2. The Bertz CT molecular complexity index is 993. The molecule has 0 saturated carbocycles. The van der Waals surface area contributed by atoms with Gasteiger partial charge < -0.3 is 14.6 Å². The van der Waals surface area contributed by atoms with E-state index < -0.39 is 16.3 Å². The van der Waals surface area contributed by atoms with Gasteiger partial charge in [0.25, 0.3) is 0 Å². The van der Waals surface area contributed by atoms with Crippen LogP contribution in [-0.4, -0.2) is 43.9 Å². The highest BCUT2D eigenvalue weighted by Gasteiger charge is 2.22. The third kappa shape index (κ3) is 3.63. The van der Waals surface area contributed by atoms with Crippen LogP contribution in [-0.2, 0) is 21.3 Å². The van der Waals surface area contributed by atoms with E-state index in [1.807, 2.05) is 41.0 Å². The number of nitrogens with zero attached hydrogens (tertiary/aromatic N) is 2. The van der Waals surface area contributed by atoms with Gasteiger partial charge in [-0.1, -0.05) is 24.3 Å². The maximum atomic E-state index is 12.5. The Morgan fingerprint density at radius 3 is 2.77 bits per heavy atom. The van der Waals surface area contributed by atoms with Crippen molar-refractivity contribution in [1.82, 2.24) is 19.6 Å². The summed E-state index contributed by atoms with van der Waals surface area (Å²) in [4.78, 5) is 4.60. The first-order chi connectivity index (χ1) is 12.6. The monoisotopic (exact) mass is 372 g/mol. The second-order valence-electron chi connectivity index (χ2n) is 6.19. The van der Waals surface area contributed by atoms with Crippen molar-refractivity contribution in [3.8, 4) is 0 Å². The van der Waals surface area contributed by atoms with Gasteiger partial charge >= 0.3 is 0 Å². The standard InChI is InChI=1S/C18H20N4O3S/c23-26(24,21-18-11-19-9-10-25-18)15-7-5-14(6-8-15)12-22-13-20-16-3-1-2-4-17(16)22/h1-8,13,18-19,21H,9-12H2. The first-order valence-corrected chi connectivity index (χ1v) is 9.94. The quantitative estimate of drug-likeness (QED) is 0.705. The molecular formula is C18H20N4O3S. The molecule has 0 aliphatic carbocycles. The normalized spacial score (nSPS) is 18.2. The minimum atomic E-state index is -3.61. The van der Waals surface area contributed by atoms with Crippen LogP contribution in [0.1, 0.15) is 5.56 Å². The average molecular weight is 372 g/mol. The first-order valence-electron chi connectivity index (χ1n) is 8.45. The zero-order valence-corrected chi connectivity index (χ0v) is 14.9. The molecule has 7 nitrogen and oxygen atoms in total. The predicted octanol–water partition coefficient (Wildman–Crippen LogP) is 1.31. The van der Waals surface area contributed by atoms with Crippen molar-refractivity contribution in [2.45, 2.75) is 17.7 Å². The lowest BCUT2D eigenvalue weighted by atomic mass is 10.2. The molecule has 8 heteroatoms. The van der Waals surface area contributed by atoms with Crippen LogP contribution in [0, 0.1) is 0 Å². The molecule has 0 radical (unpaired) electrons. The van der Waals surface area contributed by atoms with Gasteiger partial charge in [-0.15, -0.1) is 0 Å². The van der Waals surface area contributed by atoms with Crippen molar-refractivity contribution in [1.29, 1.82) is 0 Å². The van der Waals surface area contributed by atoms with Crippen molar-refractivity contribution >= 4 is 21.1 Å². The maximum Gasteiger partial charge on any atom is 0.242 e. The summed E-state index contributed by atoms with van der Waals surface area (Å²) in [5.74, 6) is 0. The summed E-state index contributed by atoms with van der Waals surface area (Å²) in [6, 6.07) is 14.8. The number of hydrogen-bond donors (Lipinski definition) is 2. The highest BCUT2D eigenvalue weighted by atomic mass is 32.2. The molecule has 136 valence electrons. The lowest BCUT2D eigenvalue weighted by Crippen LogP contribution is -2.48. The molecule has 1 fully saturated rings. The second-order valence-corrected chi connectivity index (χ2v) is 7.90. The van der Waals surface area contributed by atoms with Gasteiger partial charge in [-0.05, 0) is 29.8 Å². The molecule has 1 aliphatic heterocycles. The summed E-state index contributed by atoms with van der Waals surface area (Å²) in [5, 5.41) is 3.10. The van der Waals surface area contributed by atoms with Crippen LogP contribution in [0.15, 0.2) is 59.8 Å². The molecule has 4 rings (SSSR count). The predicted molar refractivity (Wildman–Crippen MR) is 98.2 cm³/mol. The van der Waals surface area contributed by atoms with Gasteiger partial charge in [0.15, 0.2) is 0 Å². The topological polar surface area (TPSA) is 85.3 Å². The van der Waals surface area contributed by atoms with Crippen molar-refractivity contribution in [3.05, 3.63) is 60.4 Å². The highest BCUT2D eigenvalue weighted by molar-refractivity contribution is 7.89. The van der Waals surface area contributed by atoms with E-state index in [1.165, 1.54) is 0 Å². The van der Waals surface area contributed by atoms with Gasteiger partial charge in [0, 0.05) is 19.6 Å². The lowest BCUT2D eigenvalue weighted by molar-refractivity contribution is 0.0219. The van der Waals surface area contributed by atoms with E-state index in [2.05, 4.69) is 15.0 Å². The van der Waals surface area contributed by atoms with E-state index in [-0.39, 0.29) is 4.90 Å². The number of ether oxygens (including phenoxy) is 1. The number of hydrogen-bond acceptors (Lipinski definition) is 5. The van der Waals surface area contributed by atoms with Gasteiger partial charge in [-0.25, -0.2) is 13.4 Å². The summed E-state index contributed by atoms with van der Waals surface area (Å²) in [7, 11) is -3.61. The van der Waals surface area contributed by atoms with Gasteiger partial charge in [-0.2, -0.15) is 4.72 Å². The van der Waals surface area contributed by atoms with Gasteiger partial charge in [0.2, 0.25) is 10.0 Å². The smallest absolute Gasteiger partial charge is 0.242 e. The Balaban J connectivity index is 1.49. The van der Waals surface area contributed by atoms with E-state index in [0.29, 0.717) is 19.7 Å². The number of aromatic nitrogens is 2. The Hall–Kier alpha value is -2.26. The number of para-hydroxylation sites is 2. The van der Waals surface area contributed by atoms with Crippen LogP contribution in [0.2, 0.25) is 0 Å². The number of morpholine rings is 1. The average Bonchev–Trinajstić information content (AvgIpc) is 3.06. The lowest BCUT2D eigenvalue weighted by Gasteiger charge is -2.24. The Morgan fingerprint density at radius 2 is 2.00 bits per heavy atom. The van der Waals surface area contributed by atoms with Gasteiger partial charge in [0.1, 0.15) is 6.23 Å². The molecule has 0 spiro atoms. The third-order valence-electron chi connectivity index (χ3n) is 4.33. The molecule has 1 atom stereocenters. The third-order valence-corrected chi connectivity index (χ3v) is 5.79. The van der Waals surface area contributed by atoms with Crippen LogP contribution in [0.4, 0.5) is 0 Å². The van der Waals surface area contributed by atoms with Crippen molar-refractivity contribution in [2.24, 2.45) is 0 Å². The van der Waals surface area contributed by atoms with Crippen molar-refractivity contribution in [3.63, 3.8) is 0 Å². The molecule has 2 heterocycles. The fourth-order valence-electron chi connectivity index (χ4n) is 2.99. The van der Waals surface area contributed by atoms with Crippen molar-refractivity contribution in [2.75, 3.05) is 19.7 Å². The number of fused-ring (bicyclic) bond motifs is 1. The summed E-state index contributed by atoms with van der Waals surface area (Å²) in [5.41, 5.74) is 2.99. The Kier molecular flexibility index (Phi) is 4.73. The van der Waals surface area contributed by atoms with Crippen LogP contribution in [0.3, 0.4) is 0 Å². The van der Waals surface area contributed by atoms with Gasteiger partial charge in [0.05, 0.1) is 28.9 Å². The molecule has 26 heavy (non-hydrogen) atoms. The summed E-state index contributed by atoms with van der Waals surface area (Å²) in [6.07, 6.45) is 1.26.